The van der Waals surface area contributed by atoms with E-state index in [1.54, 1.807) is 18.3 Å². The van der Waals surface area contributed by atoms with Crippen LogP contribution in [-0.4, -0.2) is 82.7 Å². The molecule has 2 aliphatic heterocycles. The fourth-order valence-electron chi connectivity index (χ4n) is 6.79. The predicted molar refractivity (Wildman–Crippen MR) is 218 cm³/mol. The molecule has 5 aromatic rings. The molecule has 16 heteroatoms. The molecule has 0 spiro atoms. The number of ether oxygens (including phenoxy) is 1. The van der Waals surface area contributed by atoms with Crippen molar-refractivity contribution in [3.8, 4) is 5.75 Å². The van der Waals surface area contributed by atoms with Gasteiger partial charge >= 0.3 is 0 Å². The second-order valence-corrected chi connectivity index (χ2v) is 15.1. The lowest BCUT2D eigenvalue weighted by atomic mass is 10.0. The Morgan fingerprint density at radius 3 is 2.54 bits per heavy atom. The van der Waals surface area contributed by atoms with Crippen LogP contribution in [0.4, 0.5) is 0 Å². The molecule has 2 aliphatic rings. The van der Waals surface area contributed by atoms with E-state index in [1.165, 1.54) is 18.3 Å². The van der Waals surface area contributed by atoms with Crippen LogP contribution in [0.5, 0.6) is 5.75 Å². The number of para-hydroxylation sites is 2. The fraction of sp³-hybridized carbons (Fsp3) is 0.341. The van der Waals surface area contributed by atoms with Crippen molar-refractivity contribution in [1.29, 1.82) is 5.41 Å². The first-order valence-electron chi connectivity index (χ1n) is 19.0. The number of nitrogens with one attached hydrogen (secondary N) is 7. The molecule has 7 rings (SSSR count). The molecule has 0 saturated carbocycles. The number of hydrogen-bond donors (Lipinski definition) is 8. The van der Waals surface area contributed by atoms with Gasteiger partial charge in [0.05, 0.1) is 22.9 Å². The van der Waals surface area contributed by atoms with E-state index in [0.717, 1.165) is 26.7 Å². The van der Waals surface area contributed by atoms with E-state index in [2.05, 4.69) is 36.6 Å². The monoisotopic (exact) mass is 793 g/mol. The van der Waals surface area contributed by atoms with Crippen molar-refractivity contribution in [3.63, 3.8) is 0 Å². The number of benzene rings is 3. The van der Waals surface area contributed by atoms with Gasteiger partial charge in [0.25, 0.3) is 0 Å². The summed E-state index contributed by atoms with van der Waals surface area (Å²) in [6.45, 7) is 1.97. The number of H-pyrrole nitrogens is 1. The standard InChI is InChI=1S/C41H47N9O6S/c1-24(51)46-33-21-25-15-17-27(18-16-25)56-20-7-6-12-32(48-39(55)34(49-38(33)54)22-26-23-45-29-10-3-2-9-28(26)29)37(53)47-31(13-8-19-44-41(42)43)36(52)40-50-30-11-4-5-14-35(30)57-40/h2-5,9-11,14-18,23,31-34,45H,6-8,12-13,19-22H2,1H3,(H,46,51)(H,47,53)(H,48,55)(H,49,54)(H4,42,43,44)/t31-,32-,33-,34-/m0/s1. The third-order valence-electron chi connectivity index (χ3n) is 9.70. The molecule has 0 aliphatic carbocycles. The number of rotatable bonds is 11. The minimum absolute atomic E-state index is 0.0765. The molecular formula is C41H47N9O6S. The zero-order chi connectivity index (χ0) is 40.3. The third kappa shape index (κ3) is 10.9. The molecule has 0 saturated heterocycles. The van der Waals surface area contributed by atoms with Gasteiger partial charge in [0, 0.05) is 43.4 Å². The van der Waals surface area contributed by atoms with Crippen LogP contribution in [0.1, 0.15) is 60.0 Å². The first-order valence-corrected chi connectivity index (χ1v) is 19.8. The van der Waals surface area contributed by atoms with Gasteiger partial charge < -0.3 is 42.0 Å². The first-order chi connectivity index (χ1) is 27.5. The van der Waals surface area contributed by atoms with Crippen LogP contribution in [0.25, 0.3) is 21.1 Å². The number of thiazole rings is 1. The smallest absolute Gasteiger partial charge is 0.243 e. The van der Waals surface area contributed by atoms with Crippen LogP contribution in [-0.2, 0) is 32.0 Å². The van der Waals surface area contributed by atoms with Gasteiger partial charge in [-0.1, -0.05) is 42.5 Å². The number of amides is 4. The number of nitrogens with two attached hydrogens (primary N) is 1. The Kier molecular flexibility index (Phi) is 13.5. The molecule has 3 aromatic carbocycles. The molecule has 57 heavy (non-hydrogen) atoms. The SMILES string of the molecule is CC(=O)N[C@H]1Cc2ccc(cc2)OCCCC[C@@H](C(=O)N[C@@H](CCCNC(=N)N)C(=O)c2nc3ccccc3s2)NC(=O)[C@H](Cc2c[nH]c3ccccc23)NC1=O. The van der Waals surface area contributed by atoms with Crippen molar-refractivity contribution in [2.24, 2.45) is 5.73 Å². The molecule has 15 nitrogen and oxygen atoms in total. The lowest BCUT2D eigenvalue weighted by Gasteiger charge is -2.26. The van der Waals surface area contributed by atoms with Gasteiger partial charge in [0.2, 0.25) is 29.4 Å². The number of hydrogen-bond acceptors (Lipinski definition) is 9. The quantitative estimate of drug-likeness (QED) is 0.0424. The highest BCUT2D eigenvalue weighted by Gasteiger charge is 2.33. The number of carbonyl (C=O) groups is 5. The van der Waals surface area contributed by atoms with Gasteiger partial charge in [-0.15, -0.1) is 11.3 Å². The van der Waals surface area contributed by atoms with Crippen molar-refractivity contribution in [2.75, 3.05) is 13.2 Å². The van der Waals surface area contributed by atoms with Gasteiger partial charge in [-0.2, -0.15) is 0 Å². The zero-order valence-corrected chi connectivity index (χ0v) is 32.4. The Morgan fingerprint density at radius 2 is 1.77 bits per heavy atom. The summed E-state index contributed by atoms with van der Waals surface area (Å²) in [5.74, 6) is -2.14. The maximum absolute atomic E-state index is 14.4. The summed E-state index contributed by atoms with van der Waals surface area (Å²) in [7, 11) is 0. The Hall–Kier alpha value is -6.29. The van der Waals surface area contributed by atoms with E-state index in [1.807, 2.05) is 60.7 Å². The van der Waals surface area contributed by atoms with Crippen molar-refractivity contribution in [3.05, 3.63) is 95.1 Å². The van der Waals surface area contributed by atoms with Crippen LogP contribution in [0.2, 0.25) is 0 Å². The summed E-state index contributed by atoms with van der Waals surface area (Å²) in [6.07, 6.45) is 3.87. The topological polar surface area (TPSA) is 233 Å². The molecule has 9 N–H and O–H groups in total. The van der Waals surface area contributed by atoms with Gasteiger partial charge in [-0.25, -0.2) is 4.98 Å². The number of aromatic nitrogens is 2. The Labute approximate surface area is 333 Å². The first kappa shape index (κ1) is 40.4. The Balaban J connectivity index is 1.29. The molecule has 4 heterocycles. The molecule has 298 valence electrons. The van der Waals surface area contributed by atoms with E-state index in [0.29, 0.717) is 43.7 Å². The van der Waals surface area contributed by atoms with Crippen molar-refractivity contribution in [1.82, 2.24) is 36.6 Å². The number of aromatic amines is 1. The second kappa shape index (κ2) is 19.0. The minimum atomic E-state index is -1.15. The molecule has 0 radical (unpaired) electrons. The van der Waals surface area contributed by atoms with E-state index >= 15 is 0 Å². The summed E-state index contributed by atoms with van der Waals surface area (Å²) < 4.78 is 6.77. The van der Waals surface area contributed by atoms with Gasteiger partial charge in [-0.3, -0.25) is 29.4 Å². The van der Waals surface area contributed by atoms with Crippen LogP contribution in [0.15, 0.2) is 79.0 Å². The van der Waals surface area contributed by atoms with Crippen LogP contribution in [0, 0.1) is 5.41 Å². The lowest BCUT2D eigenvalue weighted by molar-refractivity contribution is -0.133. The Morgan fingerprint density at radius 1 is 1.00 bits per heavy atom. The number of guanidine groups is 1. The normalized spacial score (nSPS) is 18.4. The average Bonchev–Trinajstić information content (AvgIpc) is 3.82. The lowest BCUT2D eigenvalue weighted by Crippen LogP contribution is -2.58. The molecule has 4 atom stereocenters. The molecule has 0 unspecified atom stereocenters. The maximum atomic E-state index is 14.4. The number of carbonyl (C=O) groups excluding carboxylic acids is 5. The maximum Gasteiger partial charge on any atom is 0.243 e. The van der Waals surface area contributed by atoms with Crippen molar-refractivity contribution < 1.29 is 28.7 Å². The van der Waals surface area contributed by atoms with E-state index in [-0.39, 0.29) is 42.4 Å². The van der Waals surface area contributed by atoms with E-state index in [4.69, 9.17) is 15.9 Å². The van der Waals surface area contributed by atoms with Crippen LogP contribution in [0.3, 0.4) is 0 Å². The molecule has 2 aromatic heterocycles. The van der Waals surface area contributed by atoms with Crippen LogP contribution >= 0.6 is 11.3 Å². The van der Waals surface area contributed by atoms with E-state index < -0.39 is 47.8 Å². The second-order valence-electron chi connectivity index (χ2n) is 14.0. The third-order valence-corrected chi connectivity index (χ3v) is 10.8. The summed E-state index contributed by atoms with van der Waals surface area (Å²) in [6, 6.07) is 18.0. The molecule has 0 fully saturated rings. The number of Topliss-reactive ketones (excluding diaryl/α,β-unsaturated/α-hetero) is 1. The average molecular weight is 794 g/mol. The van der Waals surface area contributed by atoms with Crippen LogP contribution < -0.4 is 37.1 Å². The van der Waals surface area contributed by atoms with Gasteiger partial charge in [0.1, 0.15) is 23.9 Å². The molecule has 4 amide bonds. The largest absolute Gasteiger partial charge is 0.494 e. The Bertz CT molecular complexity index is 2200. The van der Waals surface area contributed by atoms with Crippen molar-refractivity contribution in [2.45, 2.75) is 76.0 Å². The number of nitrogens with zero attached hydrogens (tertiary/aromatic N) is 1. The van der Waals surface area contributed by atoms with Gasteiger partial charge in [0.15, 0.2) is 11.0 Å². The highest BCUT2D eigenvalue weighted by atomic mass is 32.1. The summed E-state index contributed by atoms with van der Waals surface area (Å²) in [4.78, 5) is 76.6. The highest BCUT2D eigenvalue weighted by Crippen LogP contribution is 2.24. The number of fused-ring (bicyclic) bond motifs is 16. The fourth-order valence-corrected chi connectivity index (χ4v) is 7.75. The zero-order valence-electron chi connectivity index (χ0n) is 31.6. The summed E-state index contributed by atoms with van der Waals surface area (Å²) in [5.41, 5.74) is 8.53. The highest BCUT2D eigenvalue weighted by molar-refractivity contribution is 7.20. The summed E-state index contributed by atoms with van der Waals surface area (Å²) >= 11 is 1.23. The minimum Gasteiger partial charge on any atom is -0.494 e. The summed E-state index contributed by atoms with van der Waals surface area (Å²) in [5, 5.41) is 22.7. The van der Waals surface area contributed by atoms with Crippen molar-refractivity contribution >= 4 is 67.8 Å². The molecular weight excluding hydrogens is 747 g/mol. The number of ketones is 1. The van der Waals surface area contributed by atoms with E-state index in [9.17, 15) is 24.0 Å². The molecule has 2 bridgehead atoms. The predicted octanol–water partition coefficient (Wildman–Crippen LogP) is 3.23. The van der Waals surface area contributed by atoms with Gasteiger partial charge in [-0.05, 0) is 73.6 Å².